The summed E-state index contributed by atoms with van der Waals surface area (Å²) in [5.74, 6) is 0.678. The Morgan fingerprint density at radius 2 is 2.12 bits per heavy atom. The standard InChI is InChI=1S/C20H25N3O2/c1-25-9-8-22-12-15-6-7-18(22)14-23(13-15)20(24)17-10-16-4-2-3-5-19(16)21-11-17/h2-5,10-11,15,18H,6-9,12-14H2,1H3/t15-,18-/m1/s1. The lowest BCUT2D eigenvalue weighted by Gasteiger charge is -2.35. The molecule has 132 valence electrons. The molecule has 1 aromatic carbocycles. The van der Waals surface area contributed by atoms with Crippen molar-refractivity contribution in [3.8, 4) is 0 Å². The van der Waals surface area contributed by atoms with Crippen molar-refractivity contribution >= 4 is 16.8 Å². The molecule has 5 rings (SSSR count). The van der Waals surface area contributed by atoms with Crippen molar-refractivity contribution in [1.29, 1.82) is 0 Å². The Morgan fingerprint density at radius 1 is 1.24 bits per heavy atom. The van der Waals surface area contributed by atoms with E-state index in [0.717, 1.165) is 43.7 Å². The van der Waals surface area contributed by atoms with Gasteiger partial charge in [-0.15, -0.1) is 0 Å². The number of hydrogen-bond acceptors (Lipinski definition) is 4. The lowest BCUT2D eigenvalue weighted by atomic mass is 9.95. The number of ether oxygens (including phenoxy) is 1. The SMILES string of the molecule is COCCN1C[C@H]2CC[C@@H]1CN(C(=O)c1cnc3ccccc3c1)C2. The van der Waals surface area contributed by atoms with Crippen molar-refractivity contribution in [3.05, 3.63) is 42.1 Å². The number of piperidine rings is 1. The Morgan fingerprint density at radius 3 is 3.00 bits per heavy atom. The van der Waals surface area contributed by atoms with Crippen LogP contribution in [0.25, 0.3) is 10.9 Å². The first-order valence-corrected chi connectivity index (χ1v) is 9.11. The van der Waals surface area contributed by atoms with Crippen LogP contribution < -0.4 is 0 Å². The normalized spacial score (nSPS) is 23.8. The van der Waals surface area contributed by atoms with Crippen LogP contribution in [0.3, 0.4) is 0 Å². The smallest absolute Gasteiger partial charge is 0.255 e. The van der Waals surface area contributed by atoms with E-state index in [0.29, 0.717) is 17.5 Å². The Labute approximate surface area is 148 Å². The molecule has 3 aliphatic heterocycles. The van der Waals surface area contributed by atoms with Crippen molar-refractivity contribution in [1.82, 2.24) is 14.8 Å². The number of pyridine rings is 1. The number of amides is 1. The summed E-state index contributed by atoms with van der Waals surface area (Å²) in [5, 5.41) is 1.02. The van der Waals surface area contributed by atoms with Crippen molar-refractivity contribution < 1.29 is 9.53 Å². The molecule has 2 aromatic rings. The van der Waals surface area contributed by atoms with Gasteiger partial charge in [0.1, 0.15) is 0 Å². The molecule has 0 radical (unpaired) electrons. The fraction of sp³-hybridized carbons (Fsp3) is 0.500. The summed E-state index contributed by atoms with van der Waals surface area (Å²) in [7, 11) is 1.75. The van der Waals surface area contributed by atoms with Crippen molar-refractivity contribution in [3.63, 3.8) is 0 Å². The van der Waals surface area contributed by atoms with Crippen LogP contribution in [0, 0.1) is 5.92 Å². The highest BCUT2D eigenvalue weighted by atomic mass is 16.5. The minimum atomic E-state index is 0.115. The van der Waals surface area contributed by atoms with Crippen LogP contribution in [0.1, 0.15) is 23.2 Å². The third-order valence-corrected chi connectivity index (χ3v) is 5.53. The van der Waals surface area contributed by atoms with E-state index in [4.69, 9.17) is 4.74 Å². The Kier molecular flexibility index (Phi) is 4.68. The molecule has 2 bridgehead atoms. The van der Waals surface area contributed by atoms with E-state index in [1.165, 1.54) is 12.8 Å². The second kappa shape index (κ2) is 7.10. The number of para-hydroxylation sites is 1. The molecule has 3 saturated heterocycles. The van der Waals surface area contributed by atoms with Gasteiger partial charge in [-0.2, -0.15) is 0 Å². The molecule has 5 nitrogen and oxygen atoms in total. The predicted octanol–water partition coefficient (Wildman–Crippen LogP) is 2.42. The Hall–Kier alpha value is -1.98. The number of benzene rings is 1. The molecular formula is C20H25N3O2. The van der Waals surface area contributed by atoms with Crippen LogP contribution in [0.2, 0.25) is 0 Å². The topological polar surface area (TPSA) is 45.7 Å². The first-order valence-electron chi connectivity index (χ1n) is 9.11. The molecule has 4 heterocycles. The van der Waals surface area contributed by atoms with Crippen LogP contribution in [0.5, 0.6) is 0 Å². The van der Waals surface area contributed by atoms with Gasteiger partial charge in [-0.3, -0.25) is 14.7 Å². The fourth-order valence-corrected chi connectivity index (χ4v) is 4.20. The van der Waals surface area contributed by atoms with Crippen molar-refractivity contribution in [2.75, 3.05) is 39.9 Å². The molecule has 0 aliphatic carbocycles. The van der Waals surface area contributed by atoms with Gasteiger partial charge in [-0.05, 0) is 30.9 Å². The minimum Gasteiger partial charge on any atom is -0.383 e. The highest BCUT2D eigenvalue weighted by Crippen LogP contribution is 2.28. The number of hydrogen-bond donors (Lipinski definition) is 0. The molecule has 0 spiro atoms. The lowest BCUT2D eigenvalue weighted by molar-refractivity contribution is 0.0717. The lowest BCUT2D eigenvalue weighted by Crippen LogP contribution is -2.45. The average molecular weight is 339 g/mol. The first-order chi connectivity index (χ1) is 12.2. The third-order valence-electron chi connectivity index (χ3n) is 5.53. The predicted molar refractivity (Wildman–Crippen MR) is 97.6 cm³/mol. The Bertz CT molecular complexity index is 763. The van der Waals surface area contributed by atoms with Crippen molar-refractivity contribution in [2.24, 2.45) is 5.92 Å². The number of fused-ring (bicyclic) bond motifs is 5. The maximum absolute atomic E-state index is 13.1. The molecule has 0 unspecified atom stereocenters. The van der Waals surface area contributed by atoms with Crippen LogP contribution >= 0.6 is 0 Å². The van der Waals surface area contributed by atoms with Crippen LogP contribution in [-0.2, 0) is 4.74 Å². The zero-order chi connectivity index (χ0) is 17.2. The third kappa shape index (κ3) is 3.39. The van der Waals surface area contributed by atoms with Crippen LogP contribution in [0.4, 0.5) is 0 Å². The molecule has 5 heteroatoms. The van der Waals surface area contributed by atoms with E-state index in [1.807, 2.05) is 35.2 Å². The molecule has 25 heavy (non-hydrogen) atoms. The summed E-state index contributed by atoms with van der Waals surface area (Å²) in [6.07, 6.45) is 4.11. The van der Waals surface area contributed by atoms with E-state index >= 15 is 0 Å². The molecule has 1 aromatic heterocycles. The van der Waals surface area contributed by atoms with Gasteiger partial charge in [0.2, 0.25) is 0 Å². The first kappa shape index (κ1) is 16.5. The highest BCUT2D eigenvalue weighted by Gasteiger charge is 2.36. The van der Waals surface area contributed by atoms with Crippen LogP contribution in [-0.4, -0.2) is 66.6 Å². The average Bonchev–Trinajstić information content (AvgIpc) is 2.97. The Balaban J connectivity index is 1.53. The van der Waals surface area contributed by atoms with Gasteiger partial charge < -0.3 is 9.64 Å². The quantitative estimate of drug-likeness (QED) is 0.858. The highest BCUT2D eigenvalue weighted by molar-refractivity contribution is 5.97. The number of aromatic nitrogens is 1. The summed E-state index contributed by atoms with van der Waals surface area (Å²) < 4.78 is 5.25. The summed E-state index contributed by atoms with van der Waals surface area (Å²) in [5.41, 5.74) is 1.63. The zero-order valence-corrected chi connectivity index (χ0v) is 14.7. The van der Waals surface area contributed by atoms with Crippen molar-refractivity contribution in [2.45, 2.75) is 18.9 Å². The fourth-order valence-electron chi connectivity index (χ4n) is 4.20. The van der Waals surface area contributed by atoms with E-state index in [9.17, 15) is 4.79 Å². The molecule has 2 atom stereocenters. The van der Waals surface area contributed by atoms with Gasteiger partial charge in [0, 0.05) is 50.9 Å². The largest absolute Gasteiger partial charge is 0.383 e. The van der Waals surface area contributed by atoms with E-state index in [1.54, 1.807) is 13.3 Å². The number of carbonyl (C=O) groups excluding carboxylic acids is 1. The monoisotopic (exact) mass is 339 g/mol. The summed E-state index contributed by atoms with van der Waals surface area (Å²) in [6, 6.07) is 10.4. The van der Waals surface area contributed by atoms with Gasteiger partial charge in [-0.1, -0.05) is 18.2 Å². The number of nitrogens with zero attached hydrogens (tertiary/aromatic N) is 3. The van der Waals surface area contributed by atoms with Gasteiger partial charge in [-0.25, -0.2) is 0 Å². The molecule has 3 fully saturated rings. The van der Waals surface area contributed by atoms with Gasteiger partial charge in [0.15, 0.2) is 0 Å². The number of methoxy groups -OCH3 is 1. The maximum Gasteiger partial charge on any atom is 0.255 e. The molecular weight excluding hydrogens is 314 g/mol. The van der Waals surface area contributed by atoms with Gasteiger partial charge >= 0.3 is 0 Å². The number of rotatable bonds is 4. The van der Waals surface area contributed by atoms with Gasteiger partial charge in [0.05, 0.1) is 17.7 Å². The molecule has 0 saturated carbocycles. The number of carbonyl (C=O) groups is 1. The molecule has 3 aliphatic rings. The molecule has 1 amide bonds. The second-order valence-electron chi connectivity index (χ2n) is 7.21. The van der Waals surface area contributed by atoms with Crippen LogP contribution in [0.15, 0.2) is 36.5 Å². The van der Waals surface area contributed by atoms with E-state index < -0.39 is 0 Å². The summed E-state index contributed by atoms with van der Waals surface area (Å²) in [4.78, 5) is 22.1. The van der Waals surface area contributed by atoms with E-state index in [2.05, 4.69) is 9.88 Å². The van der Waals surface area contributed by atoms with Gasteiger partial charge in [0.25, 0.3) is 5.91 Å². The minimum absolute atomic E-state index is 0.115. The zero-order valence-electron chi connectivity index (χ0n) is 14.7. The van der Waals surface area contributed by atoms with E-state index in [-0.39, 0.29) is 5.91 Å². The maximum atomic E-state index is 13.1. The summed E-state index contributed by atoms with van der Waals surface area (Å²) in [6.45, 7) is 4.45. The summed E-state index contributed by atoms with van der Waals surface area (Å²) >= 11 is 0. The second-order valence-corrected chi connectivity index (χ2v) is 7.21. The molecule has 0 N–H and O–H groups in total.